The summed E-state index contributed by atoms with van der Waals surface area (Å²) in [7, 11) is -1.96. The van der Waals surface area contributed by atoms with E-state index >= 15 is 0 Å². The topological polar surface area (TPSA) is 63.7 Å². The van der Waals surface area contributed by atoms with E-state index in [1.54, 1.807) is 60.5 Å². The lowest BCUT2D eigenvalue weighted by Gasteiger charge is -2.23. The zero-order valence-electron chi connectivity index (χ0n) is 17.1. The average molecular weight is 424 g/mol. The van der Waals surface area contributed by atoms with Crippen LogP contribution >= 0.6 is 0 Å². The molecule has 0 bridgehead atoms. The summed E-state index contributed by atoms with van der Waals surface area (Å²) < 4.78 is 30.5. The lowest BCUT2D eigenvalue weighted by Crippen LogP contribution is -2.31. The van der Waals surface area contributed by atoms with Gasteiger partial charge in [0.05, 0.1) is 24.3 Å². The minimum Gasteiger partial charge on any atom is -0.497 e. The van der Waals surface area contributed by atoms with Gasteiger partial charge in [0, 0.05) is 12.1 Å². The van der Waals surface area contributed by atoms with Gasteiger partial charge in [-0.25, -0.2) is 8.42 Å². The maximum Gasteiger partial charge on any atom is 0.228 e. The highest BCUT2D eigenvalue weighted by Crippen LogP contribution is 2.23. The first-order valence-corrected chi connectivity index (χ1v) is 11.3. The Morgan fingerprint density at radius 1 is 0.900 bits per heavy atom. The zero-order chi connectivity index (χ0) is 21.6. The van der Waals surface area contributed by atoms with Crippen LogP contribution in [0.3, 0.4) is 0 Å². The van der Waals surface area contributed by atoms with Crippen LogP contribution in [0.15, 0.2) is 83.8 Å². The van der Waals surface area contributed by atoms with Crippen molar-refractivity contribution in [2.75, 3.05) is 17.8 Å². The minimum absolute atomic E-state index is 0.102. The molecule has 5 nitrogen and oxygen atoms in total. The van der Waals surface area contributed by atoms with E-state index in [0.717, 1.165) is 11.1 Å². The molecule has 156 valence electrons. The zero-order valence-corrected chi connectivity index (χ0v) is 17.9. The molecular weight excluding hydrogens is 398 g/mol. The molecule has 0 aliphatic carbocycles. The molecule has 0 atom stereocenters. The smallest absolute Gasteiger partial charge is 0.228 e. The normalized spacial score (nSPS) is 11.1. The molecule has 0 heterocycles. The van der Waals surface area contributed by atoms with Crippen molar-refractivity contribution in [1.82, 2.24) is 0 Å². The summed E-state index contributed by atoms with van der Waals surface area (Å²) >= 11 is 0. The van der Waals surface area contributed by atoms with E-state index in [4.69, 9.17) is 4.74 Å². The van der Waals surface area contributed by atoms with Crippen molar-refractivity contribution in [3.63, 3.8) is 0 Å². The fourth-order valence-corrected chi connectivity index (χ4v) is 4.30. The summed E-state index contributed by atoms with van der Waals surface area (Å²) in [5.41, 5.74) is 2.64. The van der Waals surface area contributed by atoms with E-state index in [1.807, 2.05) is 37.3 Å². The third-order valence-corrected chi connectivity index (χ3v) is 6.57. The van der Waals surface area contributed by atoms with Crippen molar-refractivity contribution in [3.05, 3.63) is 90.0 Å². The second-order valence-corrected chi connectivity index (χ2v) is 9.15. The average Bonchev–Trinajstić information content (AvgIpc) is 2.77. The maximum atomic E-state index is 13.1. The van der Waals surface area contributed by atoms with Crippen LogP contribution in [0, 0.1) is 6.92 Å². The highest BCUT2D eigenvalue weighted by Gasteiger charge is 2.21. The van der Waals surface area contributed by atoms with Gasteiger partial charge in [-0.2, -0.15) is 0 Å². The monoisotopic (exact) mass is 423 g/mol. The van der Waals surface area contributed by atoms with Gasteiger partial charge in [0.1, 0.15) is 5.75 Å². The number of aryl methyl sites for hydroxylation is 1. The van der Waals surface area contributed by atoms with Crippen molar-refractivity contribution in [3.8, 4) is 5.75 Å². The number of ether oxygens (including phenoxy) is 1. The Bertz CT molecular complexity index is 1080. The molecule has 3 aromatic carbocycles. The van der Waals surface area contributed by atoms with Crippen LogP contribution in [0.5, 0.6) is 5.75 Å². The van der Waals surface area contributed by atoms with Gasteiger partial charge in [0.2, 0.25) is 5.91 Å². The van der Waals surface area contributed by atoms with E-state index in [-0.39, 0.29) is 23.0 Å². The van der Waals surface area contributed by atoms with Gasteiger partial charge < -0.3 is 9.64 Å². The first kappa shape index (κ1) is 21.6. The van der Waals surface area contributed by atoms with Gasteiger partial charge in [0.25, 0.3) is 0 Å². The molecule has 0 fully saturated rings. The lowest BCUT2D eigenvalue weighted by atomic mass is 10.2. The molecule has 0 saturated heterocycles. The number of amides is 1. The molecule has 3 rings (SSSR count). The van der Waals surface area contributed by atoms with Crippen LogP contribution in [0.2, 0.25) is 0 Å². The molecule has 1 amide bonds. The van der Waals surface area contributed by atoms with Crippen molar-refractivity contribution in [1.29, 1.82) is 0 Å². The number of methoxy groups -OCH3 is 1. The number of nitrogens with zero attached hydrogens (tertiary/aromatic N) is 1. The molecular formula is C24H25NO4S. The Kier molecular flexibility index (Phi) is 6.90. The number of sulfone groups is 1. The summed E-state index contributed by atoms with van der Waals surface area (Å²) in [4.78, 5) is 14.9. The quantitative estimate of drug-likeness (QED) is 0.539. The first-order valence-electron chi connectivity index (χ1n) is 9.67. The standard InChI is InChI=1S/C24H25NO4S/c1-19-8-14-23(15-9-19)30(27,28)17-16-24(26)25(18-20-6-4-3-5-7-20)21-10-12-22(29-2)13-11-21/h3-15H,16-18H2,1-2H3. The number of hydrogen-bond acceptors (Lipinski definition) is 4. The molecule has 0 saturated carbocycles. The molecule has 30 heavy (non-hydrogen) atoms. The molecule has 0 aliphatic heterocycles. The molecule has 3 aromatic rings. The number of hydrogen-bond donors (Lipinski definition) is 0. The summed E-state index contributed by atoms with van der Waals surface area (Å²) in [6.45, 7) is 2.26. The number of anilines is 1. The summed E-state index contributed by atoms with van der Waals surface area (Å²) in [6, 6.07) is 23.5. The van der Waals surface area contributed by atoms with Crippen molar-refractivity contribution < 1.29 is 17.9 Å². The predicted molar refractivity (Wildman–Crippen MR) is 118 cm³/mol. The van der Waals surface area contributed by atoms with Crippen LogP contribution in [0.25, 0.3) is 0 Å². The van der Waals surface area contributed by atoms with Gasteiger partial charge in [0.15, 0.2) is 9.84 Å². The van der Waals surface area contributed by atoms with E-state index in [1.165, 1.54) is 0 Å². The van der Waals surface area contributed by atoms with Crippen molar-refractivity contribution in [2.24, 2.45) is 0 Å². The second kappa shape index (κ2) is 9.59. The fraction of sp³-hybridized carbons (Fsp3) is 0.208. The van der Waals surface area contributed by atoms with Crippen LogP contribution in [0.1, 0.15) is 17.5 Å². The molecule has 0 N–H and O–H groups in total. The fourth-order valence-electron chi connectivity index (χ4n) is 3.07. The summed E-state index contributed by atoms with van der Waals surface area (Å²) in [5, 5.41) is 0. The van der Waals surface area contributed by atoms with E-state index < -0.39 is 9.84 Å². The third-order valence-electron chi connectivity index (χ3n) is 4.83. The summed E-state index contributed by atoms with van der Waals surface area (Å²) in [5.74, 6) is 0.198. The van der Waals surface area contributed by atoms with Crippen molar-refractivity contribution in [2.45, 2.75) is 24.8 Å². The van der Waals surface area contributed by atoms with E-state index in [0.29, 0.717) is 18.0 Å². The van der Waals surface area contributed by atoms with Crippen molar-refractivity contribution >= 4 is 21.4 Å². The number of benzene rings is 3. The van der Waals surface area contributed by atoms with E-state index in [9.17, 15) is 13.2 Å². The molecule has 0 spiro atoms. The molecule has 0 aliphatic rings. The lowest BCUT2D eigenvalue weighted by molar-refractivity contribution is -0.118. The Balaban J connectivity index is 1.79. The highest BCUT2D eigenvalue weighted by atomic mass is 32.2. The summed E-state index contributed by atoms with van der Waals surface area (Å²) in [6.07, 6.45) is -0.102. The minimum atomic E-state index is -3.54. The van der Waals surface area contributed by atoms with Crippen LogP contribution in [0.4, 0.5) is 5.69 Å². The predicted octanol–water partition coefficient (Wildman–Crippen LogP) is 4.40. The Morgan fingerprint density at radius 2 is 1.53 bits per heavy atom. The third kappa shape index (κ3) is 5.48. The van der Waals surface area contributed by atoms with Gasteiger partial charge in [-0.05, 0) is 48.9 Å². The van der Waals surface area contributed by atoms with Gasteiger partial charge in [-0.3, -0.25) is 4.79 Å². The van der Waals surface area contributed by atoms with Gasteiger partial charge >= 0.3 is 0 Å². The number of rotatable bonds is 8. The number of carbonyl (C=O) groups is 1. The Labute approximate surface area is 177 Å². The Hall–Kier alpha value is -3.12. The van der Waals surface area contributed by atoms with E-state index in [2.05, 4.69) is 0 Å². The van der Waals surface area contributed by atoms with Gasteiger partial charge in [-0.1, -0.05) is 48.0 Å². The first-order chi connectivity index (χ1) is 14.4. The largest absolute Gasteiger partial charge is 0.497 e. The molecule has 0 radical (unpaired) electrons. The van der Waals surface area contributed by atoms with Crippen LogP contribution in [-0.4, -0.2) is 27.2 Å². The second-order valence-electron chi connectivity index (χ2n) is 7.05. The SMILES string of the molecule is COc1ccc(N(Cc2ccccc2)C(=O)CCS(=O)(=O)c2ccc(C)cc2)cc1. The highest BCUT2D eigenvalue weighted by molar-refractivity contribution is 7.91. The Morgan fingerprint density at radius 3 is 2.13 bits per heavy atom. The van der Waals surface area contributed by atoms with Gasteiger partial charge in [-0.15, -0.1) is 0 Å². The number of carbonyl (C=O) groups excluding carboxylic acids is 1. The molecule has 0 unspecified atom stereocenters. The van der Waals surface area contributed by atoms with Crippen LogP contribution < -0.4 is 9.64 Å². The molecule has 6 heteroatoms. The maximum absolute atomic E-state index is 13.1. The van der Waals surface area contributed by atoms with Crippen LogP contribution in [-0.2, 0) is 21.2 Å². The molecule has 0 aromatic heterocycles.